The molecule has 4 nitrogen and oxygen atoms in total. The normalized spacial score (nSPS) is 19.4. The third kappa shape index (κ3) is 1.89. The van der Waals surface area contributed by atoms with Crippen molar-refractivity contribution in [2.75, 3.05) is 22.3 Å². The minimum absolute atomic E-state index is 0.203. The van der Waals surface area contributed by atoms with Crippen LogP contribution >= 0.6 is 11.6 Å². The van der Waals surface area contributed by atoms with Gasteiger partial charge in [0.25, 0.3) is 0 Å². The molecule has 2 rings (SSSR count). The first kappa shape index (κ1) is 10.6. The van der Waals surface area contributed by atoms with E-state index in [-0.39, 0.29) is 5.75 Å². The topological polar surface area (TPSA) is 63.4 Å². The third-order valence-corrected chi connectivity index (χ3v) is 4.57. The van der Waals surface area contributed by atoms with Crippen molar-refractivity contribution in [1.82, 2.24) is 0 Å². The van der Waals surface area contributed by atoms with Crippen LogP contribution in [-0.4, -0.2) is 20.7 Å². The van der Waals surface area contributed by atoms with Crippen LogP contribution in [0.4, 0.5) is 11.4 Å². The lowest BCUT2D eigenvalue weighted by Gasteiger charge is -2.17. The van der Waals surface area contributed by atoms with Gasteiger partial charge in [-0.2, -0.15) is 0 Å². The fourth-order valence-electron chi connectivity index (χ4n) is 1.60. The Morgan fingerprint density at radius 3 is 2.67 bits per heavy atom. The van der Waals surface area contributed by atoms with Gasteiger partial charge < -0.3 is 5.73 Å². The van der Waals surface area contributed by atoms with Crippen LogP contribution in [0.1, 0.15) is 6.42 Å². The van der Waals surface area contributed by atoms with Gasteiger partial charge in [0.1, 0.15) is 0 Å². The van der Waals surface area contributed by atoms with Crippen molar-refractivity contribution in [2.45, 2.75) is 6.42 Å². The van der Waals surface area contributed by atoms with Gasteiger partial charge in [-0.25, -0.2) is 8.42 Å². The summed E-state index contributed by atoms with van der Waals surface area (Å²) in [4.78, 5) is 0. The van der Waals surface area contributed by atoms with Crippen LogP contribution in [0.5, 0.6) is 0 Å². The van der Waals surface area contributed by atoms with Crippen LogP contribution in [0.15, 0.2) is 18.2 Å². The van der Waals surface area contributed by atoms with Crippen molar-refractivity contribution in [3.63, 3.8) is 0 Å². The van der Waals surface area contributed by atoms with Gasteiger partial charge in [-0.3, -0.25) is 4.31 Å². The minimum atomic E-state index is -3.14. The highest BCUT2D eigenvalue weighted by Gasteiger charge is 2.28. The second kappa shape index (κ2) is 3.57. The molecule has 0 atom stereocenters. The highest BCUT2D eigenvalue weighted by atomic mass is 35.5. The molecule has 0 aliphatic carbocycles. The third-order valence-electron chi connectivity index (χ3n) is 2.37. The van der Waals surface area contributed by atoms with Crippen molar-refractivity contribution < 1.29 is 8.42 Å². The van der Waals surface area contributed by atoms with E-state index in [9.17, 15) is 8.42 Å². The van der Waals surface area contributed by atoms with Gasteiger partial charge in [-0.1, -0.05) is 11.6 Å². The van der Waals surface area contributed by atoms with Gasteiger partial charge in [0.15, 0.2) is 0 Å². The molecular weight excluding hydrogens is 236 g/mol. The first-order valence-corrected chi connectivity index (χ1v) is 6.55. The fraction of sp³-hybridized carbons (Fsp3) is 0.333. The van der Waals surface area contributed by atoms with E-state index in [4.69, 9.17) is 17.3 Å². The molecule has 1 aromatic carbocycles. The van der Waals surface area contributed by atoms with E-state index in [1.807, 2.05) is 0 Å². The van der Waals surface area contributed by atoms with E-state index in [2.05, 4.69) is 0 Å². The molecule has 1 aliphatic heterocycles. The molecule has 1 aromatic rings. The molecule has 82 valence electrons. The SMILES string of the molecule is Nc1ccc(N2CCCS2(=O)=O)cc1Cl. The van der Waals surface area contributed by atoms with Crippen LogP contribution in [0.2, 0.25) is 5.02 Å². The van der Waals surface area contributed by atoms with Gasteiger partial charge in [-0.15, -0.1) is 0 Å². The number of nitrogens with two attached hydrogens (primary N) is 1. The Bertz CT molecular complexity index is 487. The van der Waals surface area contributed by atoms with E-state index >= 15 is 0 Å². The van der Waals surface area contributed by atoms with Crippen molar-refractivity contribution in [3.05, 3.63) is 23.2 Å². The van der Waals surface area contributed by atoms with E-state index in [1.54, 1.807) is 18.2 Å². The molecule has 15 heavy (non-hydrogen) atoms. The minimum Gasteiger partial charge on any atom is -0.398 e. The summed E-state index contributed by atoms with van der Waals surface area (Å²) in [6.07, 6.45) is 0.657. The van der Waals surface area contributed by atoms with Gasteiger partial charge in [0, 0.05) is 6.54 Å². The average molecular weight is 247 g/mol. The molecule has 2 N–H and O–H groups in total. The standard InChI is InChI=1S/C9H11ClN2O2S/c10-8-6-7(2-3-9(8)11)12-4-1-5-15(12,13)14/h2-3,6H,1,4-5,11H2. The maximum Gasteiger partial charge on any atom is 0.235 e. The Morgan fingerprint density at radius 2 is 2.13 bits per heavy atom. The number of hydrogen-bond donors (Lipinski definition) is 1. The summed E-state index contributed by atoms with van der Waals surface area (Å²) in [5.41, 5.74) is 6.60. The average Bonchev–Trinajstić information content (AvgIpc) is 2.50. The summed E-state index contributed by atoms with van der Waals surface area (Å²) < 4.78 is 24.6. The first-order chi connectivity index (χ1) is 7.00. The monoisotopic (exact) mass is 246 g/mol. The zero-order valence-corrected chi connectivity index (χ0v) is 9.55. The van der Waals surface area contributed by atoms with Crippen molar-refractivity contribution in [3.8, 4) is 0 Å². The Morgan fingerprint density at radius 1 is 1.40 bits per heavy atom. The Kier molecular flexibility index (Phi) is 2.52. The maximum atomic E-state index is 11.6. The summed E-state index contributed by atoms with van der Waals surface area (Å²) in [6.45, 7) is 0.516. The predicted octanol–water partition coefficient (Wildman–Crippen LogP) is 1.46. The maximum absolute atomic E-state index is 11.6. The summed E-state index contributed by atoms with van der Waals surface area (Å²) >= 11 is 5.84. The molecule has 0 saturated carbocycles. The van der Waals surface area contributed by atoms with Crippen molar-refractivity contribution in [2.24, 2.45) is 0 Å². The van der Waals surface area contributed by atoms with Crippen LogP contribution < -0.4 is 10.0 Å². The summed E-state index contributed by atoms with van der Waals surface area (Å²) in [6, 6.07) is 4.87. The van der Waals surface area contributed by atoms with Crippen molar-refractivity contribution >= 4 is 33.0 Å². The van der Waals surface area contributed by atoms with Gasteiger partial charge in [-0.05, 0) is 24.6 Å². The molecule has 0 amide bonds. The van der Waals surface area contributed by atoms with Gasteiger partial charge in [0.05, 0.1) is 22.2 Å². The second-order valence-electron chi connectivity index (χ2n) is 3.45. The Balaban J connectivity index is 2.42. The van der Waals surface area contributed by atoms with Crippen LogP contribution in [-0.2, 0) is 10.0 Å². The lowest BCUT2D eigenvalue weighted by atomic mass is 10.3. The quantitative estimate of drug-likeness (QED) is 0.763. The number of halogens is 1. The van der Waals surface area contributed by atoms with Crippen LogP contribution in [0, 0.1) is 0 Å². The predicted molar refractivity (Wildman–Crippen MR) is 61.6 cm³/mol. The molecule has 1 aliphatic rings. The Hall–Kier alpha value is -0.940. The van der Waals surface area contributed by atoms with Crippen molar-refractivity contribution in [1.29, 1.82) is 0 Å². The Labute approximate surface area is 93.7 Å². The lowest BCUT2D eigenvalue weighted by molar-refractivity contribution is 0.599. The molecule has 0 unspecified atom stereocenters. The molecule has 0 radical (unpaired) electrons. The number of rotatable bonds is 1. The zero-order chi connectivity index (χ0) is 11.1. The molecule has 0 spiro atoms. The highest BCUT2D eigenvalue weighted by Crippen LogP contribution is 2.29. The fourth-order valence-corrected chi connectivity index (χ4v) is 3.33. The molecule has 1 fully saturated rings. The summed E-state index contributed by atoms with van der Waals surface area (Å²) in [5.74, 6) is 0.203. The second-order valence-corrected chi connectivity index (χ2v) is 5.87. The molecule has 1 saturated heterocycles. The number of benzene rings is 1. The largest absolute Gasteiger partial charge is 0.398 e. The molecule has 0 aromatic heterocycles. The molecule has 6 heteroatoms. The van der Waals surface area contributed by atoms with E-state index in [0.29, 0.717) is 29.4 Å². The van der Waals surface area contributed by atoms with Gasteiger partial charge in [0.2, 0.25) is 10.0 Å². The first-order valence-electron chi connectivity index (χ1n) is 4.56. The summed E-state index contributed by atoms with van der Waals surface area (Å²) in [7, 11) is -3.14. The number of nitrogen functional groups attached to an aromatic ring is 1. The highest BCUT2D eigenvalue weighted by molar-refractivity contribution is 7.93. The molecular formula is C9H11ClN2O2S. The number of sulfonamides is 1. The smallest absolute Gasteiger partial charge is 0.235 e. The number of anilines is 2. The molecule has 0 bridgehead atoms. The summed E-state index contributed by atoms with van der Waals surface area (Å²) in [5, 5.41) is 0.384. The molecule has 1 heterocycles. The zero-order valence-electron chi connectivity index (χ0n) is 7.98. The number of nitrogens with zero attached hydrogens (tertiary/aromatic N) is 1. The van der Waals surface area contributed by atoms with Gasteiger partial charge >= 0.3 is 0 Å². The van der Waals surface area contributed by atoms with E-state index < -0.39 is 10.0 Å². The van der Waals surface area contributed by atoms with E-state index in [1.165, 1.54) is 4.31 Å². The lowest BCUT2D eigenvalue weighted by Crippen LogP contribution is -2.24. The van der Waals surface area contributed by atoms with E-state index in [0.717, 1.165) is 0 Å². The van der Waals surface area contributed by atoms with Crippen LogP contribution in [0.25, 0.3) is 0 Å². The number of hydrogen-bond acceptors (Lipinski definition) is 3. The van der Waals surface area contributed by atoms with Crippen LogP contribution in [0.3, 0.4) is 0 Å².